The van der Waals surface area contributed by atoms with Crippen LogP contribution in [0, 0.1) is 0 Å². The van der Waals surface area contributed by atoms with Gasteiger partial charge in [0.25, 0.3) is 5.91 Å². The van der Waals surface area contributed by atoms with Gasteiger partial charge in [0, 0.05) is 18.5 Å². The number of amides is 1. The summed E-state index contributed by atoms with van der Waals surface area (Å²) in [4.78, 5) is 20.6. The highest BCUT2D eigenvalue weighted by atomic mass is 16.3. The van der Waals surface area contributed by atoms with Gasteiger partial charge in [-0.15, -0.1) is 0 Å². The van der Waals surface area contributed by atoms with E-state index < -0.39 is 0 Å². The SMILES string of the molecule is O=C(NC1CCCNC1)c1ccc(O)c2nc(C3CCCC3)[nH]c12. The van der Waals surface area contributed by atoms with Crippen LogP contribution in [0.2, 0.25) is 0 Å². The Morgan fingerprint density at radius 1 is 1.21 bits per heavy atom. The molecule has 1 saturated heterocycles. The molecule has 1 aromatic carbocycles. The molecule has 2 fully saturated rings. The van der Waals surface area contributed by atoms with Crippen LogP contribution in [0.15, 0.2) is 12.1 Å². The van der Waals surface area contributed by atoms with Gasteiger partial charge in [0.15, 0.2) is 0 Å². The van der Waals surface area contributed by atoms with Gasteiger partial charge in [-0.1, -0.05) is 12.8 Å². The molecule has 1 unspecified atom stereocenters. The number of imidazole rings is 1. The molecule has 0 bridgehead atoms. The smallest absolute Gasteiger partial charge is 0.253 e. The quantitative estimate of drug-likeness (QED) is 0.696. The second-order valence-corrected chi connectivity index (χ2v) is 6.98. The van der Waals surface area contributed by atoms with Crippen molar-refractivity contribution in [2.45, 2.75) is 50.5 Å². The van der Waals surface area contributed by atoms with Crippen molar-refractivity contribution in [2.24, 2.45) is 0 Å². The van der Waals surface area contributed by atoms with Crippen molar-refractivity contribution in [3.8, 4) is 5.75 Å². The number of hydrogen-bond acceptors (Lipinski definition) is 4. The number of aromatic hydroxyl groups is 1. The summed E-state index contributed by atoms with van der Waals surface area (Å²) >= 11 is 0. The number of aromatic nitrogens is 2. The molecule has 2 aliphatic rings. The first-order chi connectivity index (χ1) is 11.7. The summed E-state index contributed by atoms with van der Waals surface area (Å²) < 4.78 is 0. The number of nitrogens with zero attached hydrogens (tertiary/aromatic N) is 1. The normalized spacial score (nSPS) is 22.1. The molecule has 2 heterocycles. The van der Waals surface area contributed by atoms with E-state index >= 15 is 0 Å². The highest BCUT2D eigenvalue weighted by Crippen LogP contribution is 2.35. The second-order valence-electron chi connectivity index (χ2n) is 6.98. The van der Waals surface area contributed by atoms with Gasteiger partial charge in [0.1, 0.15) is 17.1 Å². The number of piperidine rings is 1. The van der Waals surface area contributed by atoms with E-state index in [0.29, 0.717) is 22.5 Å². The standard InChI is InChI=1S/C18H24N4O2/c23-14-8-7-13(18(24)20-12-6-3-9-19-10-12)15-16(14)22-17(21-15)11-4-1-2-5-11/h7-8,11-12,19,23H,1-6,9-10H2,(H,20,24)(H,21,22). The van der Waals surface area contributed by atoms with Crippen LogP contribution in [-0.2, 0) is 0 Å². The Labute approximate surface area is 141 Å². The number of rotatable bonds is 3. The van der Waals surface area contributed by atoms with Gasteiger partial charge >= 0.3 is 0 Å². The molecule has 0 radical (unpaired) electrons. The summed E-state index contributed by atoms with van der Waals surface area (Å²) in [6.07, 6.45) is 6.75. The number of phenols is 1. The Hall–Kier alpha value is -2.08. The van der Waals surface area contributed by atoms with Gasteiger partial charge in [-0.3, -0.25) is 4.79 Å². The molecule has 1 saturated carbocycles. The van der Waals surface area contributed by atoms with E-state index in [1.807, 2.05) is 0 Å². The van der Waals surface area contributed by atoms with Crippen LogP contribution >= 0.6 is 0 Å². The van der Waals surface area contributed by atoms with Gasteiger partial charge < -0.3 is 20.7 Å². The van der Waals surface area contributed by atoms with E-state index in [4.69, 9.17) is 0 Å². The fourth-order valence-corrected chi connectivity index (χ4v) is 3.92. The summed E-state index contributed by atoms with van der Waals surface area (Å²) in [6.45, 7) is 1.82. The predicted octanol–water partition coefficient (Wildman–Crippen LogP) is 2.41. The summed E-state index contributed by atoms with van der Waals surface area (Å²) in [5.41, 5.74) is 1.72. The fourth-order valence-electron chi connectivity index (χ4n) is 3.92. The van der Waals surface area contributed by atoms with Gasteiger partial charge in [0.2, 0.25) is 0 Å². The molecule has 6 nitrogen and oxygen atoms in total. The maximum Gasteiger partial charge on any atom is 0.253 e. The number of aromatic amines is 1. The number of fused-ring (bicyclic) bond motifs is 1. The number of nitrogens with one attached hydrogen (secondary N) is 3. The molecular weight excluding hydrogens is 304 g/mol. The number of carbonyl (C=O) groups excluding carboxylic acids is 1. The lowest BCUT2D eigenvalue weighted by Crippen LogP contribution is -2.45. The van der Waals surface area contributed by atoms with Crippen LogP contribution in [0.3, 0.4) is 0 Å². The molecule has 4 rings (SSSR count). The average molecular weight is 328 g/mol. The minimum absolute atomic E-state index is 0.102. The number of H-pyrrole nitrogens is 1. The molecule has 0 spiro atoms. The molecule has 1 amide bonds. The zero-order valence-electron chi connectivity index (χ0n) is 13.8. The first-order valence-electron chi connectivity index (χ1n) is 8.95. The summed E-state index contributed by atoms with van der Waals surface area (Å²) in [5.74, 6) is 1.34. The highest BCUT2D eigenvalue weighted by molar-refractivity contribution is 6.06. The maximum atomic E-state index is 12.7. The van der Waals surface area contributed by atoms with Crippen molar-refractivity contribution in [3.05, 3.63) is 23.5 Å². The van der Waals surface area contributed by atoms with Crippen LogP contribution in [0.5, 0.6) is 5.75 Å². The predicted molar refractivity (Wildman–Crippen MR) is 92.3 cm³/mol. The first-order valence-corrected chi connectivity index (χ1v) is 8.95. The highest BCUT2D eigenvalue weighted by Gasteiger charge is 2.24. The average Bonchev–Trinajstić information content (AvgIpc) is 3.26. The number of carbonyl (C=O) groups is 1. The Morgan fingerprint density at radius 2 is 2.04 bits per heavy atom. The van der Waals surface area contributed by atoms with E-state index in [-0.39, 0.29) is 17.7 Å². The molecule has 128 valence electrons. The van der Waals surface area contributed by atoms with E-state index in [9.17, 15) is 9.90 Å². The van der Waals surface area contributed by atoms with Crippen LogP contribution in [0.1, 0.15) is 60.6 Å². The Balaban J connectivity index is 1.64. The summed E-state index contributed by atoms with van der Waals surface area (Å²) in [7, 11) is 0. The Kier molecular flexibility index (Phi) is 4.14. The van der Waals surface area contributed by atoms with E-state index in [2.05, 4.69) is 20.6 Å². The third-order valence-corrected chi connectivity index (χ3v) is 5.26. The van der Waals surface area contributed by atoms with Gasteiger partial charge in [-0.05, 0) is 44.4 Å². The van der Waals surface area contributed by atoms with Gasteiger partial charge in [-0.25, -0.2) is 4.98 Å². The number of hydrogen-bond donors (Lipinski definition) is 4. The van der Waals surface area contributed by atoms with Crippen LogP contribution in [0.25, 0.3) is 11.0 Å². The summed E-state index contributed by atoms with van der Waals surface area (Å²) in [5, 5.41) is 16.5. The molecule has 1 aromatic heterocycles. The van der Waals surface area contributed by atoms with Crippen molar-refractivity contribution < 1.29 is 9.90 Å². The number of phenolic OH excluding ortho intramolecular Hbond substituents is 1. The minimum atomic E-state index is -0.102. The Bertz CT molecular complexity index is 743. The zero-order valence-corrected chi connectivity index (χ0v) is 13.8. The lowest BCUT2D eigenvalue weighted by molar-refractivity contribution is 0.0932. The van der Waals surface area contributed by atoms with Crippen LogP contribution in [-0.4, -0.2) is 40.1 Å². The molecule has 6 heteroatoms. The maximum absolute atomic E-state index is 12.7. The topological polar surface area (TPSA) is 90.0 Å². The van der Waals surface area contributed by atoms with Gasteiger partial charge in [0.05, 0.1) is 11.1 Å². The third kappa shape index (κ3) is 2.86. The largest absolute Gasteiger partial charge is 0.506 e. The molecular formula is C18H24N4O2. The van der Waals surface area contributed by atoms with Crippen molar-refractivity contribution in [1.82, 2.24) is 20.6 Å². The van der Waals surface area contributed by atoms with Crippen molar-refractivity contribution in [2.75, 3.05) is 13.1 Å². The molecule has 1 atom stereocenters. The molecule has 1 aliphatic heterocycles. The second kappa shape index (κ2) is 6.43. The molecule has 24 heavy (non-hydrogen) atoms. The number of benzene rings is 1. The zero-order chi connectivity index (χ0) is 16.5. The summed E-state index contributed by atoms with van der Waals surface area (Å²) in [6, 6.07) is 3.41. The minimum Gasteiger partial charge on any atom is -0.506 e. The first kappa shape index (κ1) is 15.4. The van der Waals surface area contributed by atoms with Gasteiger partial charge in [-0.2, -0.15) is 0 Å². The molecule has 4 N–H and O–H groups in total. The molecule has 1 aliphatic carbocycles. The fraction of sp³-hybridized carbons (Fsp3) is 0.556. The lowest BCUT2D eigenvalue weighted by Gasteiger charge is -2.23. The van der Waals surface area contributed by atoms with E-state index in [1.165, 1.54) is 12.8 Å². The monoisotopic (exact) mass is 328 g/mol. The van der Waals surface area contributed by atoms with Crippen molar-refractivity contribution in [1.29, 1.82) is 0 Å². The van der Waals surface area contributed by atoms with Crippen molar-refractivity contribution in [3.63, 3.8) is 0 Å². The molecule has 2 aromatic rings. The lowest BCUT2D eigenvalue weighted by atomic mass is 10.1. The van der Waals surface area contributed by atoms with Crippen LogP contribution in [0.4, 0.5) is 0 Å². The van der Waals surface area contributed by atoms with E-state index in [1.54, 1.807) is 12.1 Å². The Morgan fingerprint density at radius 3 is 2.79 bits per heavy atom. The van der Waals surface area contributed by atoms with Crippen molar-refractivity contribution >= 4 is 16.9 Å². The third-order valence-electron chi connectivity index (χ3n) is 5.26. The van der Waals surface area contributed by atoms with Crippen LogP contribution < -0.4 is 10.6 Å². The van der Waals surface area contributed by atoms with E-state index in [0.717, 1.165) is 44.6 Å².